The molecule has 2 unspecified atom stereocenters. The van der Waals surface area contributed by atoms with Crippen molar-refractivity contribution in [2.24, 2.45) is 5.92 Å². The summed E-state index contributed by atoms with van der Waals surface area (Å²) in [6.07, 6.45) is 20.6. The molecule has 36 heavy (non-hydrogen) atoms. The maximum Gasteiger partial charge on any atom is 0.224 e. The van der Waals surface area contributed by atoms with Crippen LogP contribution in [0.25, 0.3) is 0 Å². The van der Waals surface area contributed by atoms with E-state index in [2.05, 4.69) is 31.8 Å². The van der Waals surface area contributed by atoms with E-state index in [9.17, 15) is 0 Å². The van der Waals surface area contributed by atoms with Crippen molar-refractivity contribution in [3.63, 3.8) is 0 Å². The molecule has 0 spiro atoms. The Morgan fingerprint density at radius 1 is 0.861 bits per heavy atom. The molecule has 3 aliphatic heterocycles. The van der Waals surface area contributed by atoms with Gasteiger partial charge in [0.05, 0.1) is 0 Å². The van der Waals surface area contributed by atoms with Crippen LogP contribution in [0.1, 0.15) is 89.9 Å². The number of anilines is 2. The lowest BCUT2D eigenvalue weighted by Gasteiger charge is -2.47. The lowest BCUT2D eigenvalue weighted by Crippen LogP contribution is -2.56. The van der Waals surface area contributed by atoms with Crippen LogP contribution in [0.2, 0.25) is 0 Å². The largest absolute Gasteiger partial charge is 0.356 e. The lowest BCUT2D eigenvalue weighted by molar-refractivity contribution is 0.0595. The number of piperidine rings is 2. The summed E-state index contributed by atoms with van der Waals surface area (Å²) >= 11 is 0. The molecule has 3 saturated heterocycles. The predicted octanol–water partition coefficient (Wildman–Crippen LogP) is 4.41. The summed E-state index contributed by atoms with van der Waals surface area (Å²) in [7, 11) is 0. The average Bonchev–Trinajstić information content (AvgIpc) is 3.23. The first-order valence-corrected chi connectivity index (χ1v) is 15.4. The van der Waals surface area contributed by atoms with Crippen molar-refractivity contribution in [2.75, 3.05) is 56.0 Å². The van der Waals surface area contributed by atoms with E-state index >= 15 is 0 Å². The molecule has 0 aromatic carbocycles. The first-order valence-electron chi connectivity index (χ1n) is 15.4. The molecule has 0 bridgehead atoms. The number of likely N-dealkylation sites (tertiary alicyclic amines) is 1. The van der Waals surface area contributed by atoms with Crippen molar-refractivity contribution in [2.45, 2.75) is 108 Å². The molecule has 3 N–H and O–H groups in total. The summed E-state index contributed by atoms with van der Waals surface area (Å²) in [6.45, 7) is 8.18. The van der Waals surface area contributed by atoms with E-state index in [0.717, 1.165) is 43.4 Å². The normalized spacial score (nSPS) is 27.6. The fourth-order valence-corrected chi connectivity index (χ4v) is 7.19. The van der Waals surface area contributed by atoms with E-state index in [0.29, 0.717) is 12.1 Å². The van der Waals surface area contributed by atoms with E-state index in [1.54, 1.807) is 0 Å². The first kappa shape index (κ1) is 26.2. The maximum atomic E-state index is 5.03. The van der Waals surface area contributed by atoms with Gasteiger partial charge in [-0.1, -0.05) is 32.1 Å². The van der Waals surface area contributed by atoms with E-state index < -0.39 is 0 Å². The van der Waals surface area contributed by atoms with Crippen molar-refractivity contribution >= 4 is 11.8 Å². The summed E-state index contributed by atoms with van der Waals surface area (Å²) in [5, 5.41) is 11.2. The third kappa shape index (κ3) is 7.32. The van der Waals surface area contributed by atoms with Gasteiger partial charge >= 0.3 is 0 Å². The molecule has 4 fully saturated rings. The fraction of sp³-hybridized carbons (Fsp3) is 0.862. The summed E-state index contributed by atoms with van der Waals surface area (Å²) in [6, 6.07) is 3.86. The monoisotopic (exact) mass is 497 g/mol. The van der Waals surface area contributed by atoms with Crippen molar-refractivity contribution in [1.29, 1.82) is 0 Å². The SMILES string of the molecule is c1cc(N2CCCCCC2)nc(NC2CCCN(C3CCCCC3)C2CCNCC2CCNCC2)n1. The van der Waals surface area contributed by atoms with E-state index in [-0.39, 0.29) is 0 Å². The number of rotatable bonds is 9. The van der Waals surface area contributed by atoms with Crippen LogP contribution in [0.5, 0.6) is 0 Å². The Morgan fingerprint density at radius 3 is 2.44 bits per heavy atom. The Hall–Kier alpha value is -1.44. The third-order valence-corrected chi connectivity index (χ3v) is 9.26. The summed E-state index contributed by atoms with van der Waals surface area (Å²) in [5.74, 6) is 2.78. The standard InChI is InChI=1S/C29H51N7/c1-2-7-21-35(20-6-1)28-15-19-32-29(34-28)33-26-11-8-22-36(25-9-4-3-5-10-25)27(26)14-18-31-23-24-12-16-30-17-13-24/h15,19,24-27,30-31H,1-14,16-18,20-23H2,(H,32,33,34). The van der Waals surface area contributed by atoms with Gasteiger partial charge < -0.3 is 20.9 Å². The molecular weight excluding hydrogens is 446 g/mol. The van der Waals surface area contributed by atoms with Gasteiger partial charge in [-0.2, -0.15) is 4.98 Å². The van der Waals surface area contributed by atoms with E-state index in [4.69, 9.17) is 9.97 Å². The molecule has 1 aromatic rings. The van der Waals surface area contributed by atoms with Crippen LogP contribution < -0.4 is 20.9 Å². The highest BCUT2D eigenvalue weighted by atomic mass is 15.3. The number of nitrogens with one attached hydrogen (secondary N) is 3. The molecule has 7 heteroatoms. The Morgan fingerprint density at radius 2 is 1.64 bits per heavy atom. The molecule has 4 aliphatic rings. The molecule has 7 nitrogen and oxygen atoms in total. The van der Waals surface area contributed by atoms with Crippen LogP contribution in [-0.2, 0) is 0 Å². The van der Waals surface area contributed by atoms with Crippen molar-refractivity contribution in [3.05, 3.63) is 12.3 Å². The molecular formula is C29H51N7. The molecule has 0 radical (unpaired) electrons. The van der Waals surface area contributed by atoms with Gasteiger partial charge in [-0.05, 0) is 102 Å². The minimum Gasteiger partial charge on any atom is -0.356 e. The van der Waals surface area contributed by atoms with Gasteiger partial charge in [0.2, 0.25) is 5.95 Å². The zero-order valence-electron chi connectivity index (χ0n) is 22.6. The minimum atomic E-state index is 0.431. The highest BCUT2D eigenvalue weighted by Gasteiger charge is 2.36. The van der Waals surface area contributed by atoms with Crippen LogP contribution in [0, 0.1) is 5.92 Å². The molecule has 202 valence electrons. The molecule has 0 amide bonds. The maximum absolute atomic E-state index is 5.03. The lowest BCUT2D eigenvalue weighted by atomic mass is 9.87. The molecule has 2 atom stereocenters. The summed E-state index contributed by atoms with van der Waals surface area (Å²) in [5.41, 5.74) is 0. The van der Waals surface area contributed by atoms with Crippen molar-refractivity contribution in [3.8, 4) is 0 Å². The first-order chi connectivity index (χ1) is 17.9. The van der Waals surface area contributed by atoms with Gasteiger partial charge in [0, 0.05) is 37.4 Å². The van der Waals surface area contributed by atoms with Gasteiger partial charge in [-0.15, -0.1) is 0 Å². The van der Waals surface area contributed by atoms with Crippen LogP contribution in [0.3, 0.4) is 0 Å². The second-order valence-electron chi connectivity index (χ2n) is 11.8. The molecule has 5 rings (SSSR count). The fourth-order valence-electron chi connectivity index (χ4n) is 7.19. The number of hydrogen-bond acceptors (Lipinski definition) is 7. The zero-order chi connectivity index (χ0) is 24.4. The van der Waals surface area contributed by atoms with Gasteiger partial charge in [0.15, 0.2) is 0 Å². The summed E-state index contributed by atoms with van der Waals surface area (Å²) < 4.78 is 0. The molecule has 1 aliphatic carbocycles. The quantitative estimate of drug-likeness (QED) is 0.437. The van der Waals surface area contributed by atoms with E-state index in [1.807, 2.05) is 6.20 Å². The molecule has 4 heterocycles. The minimum absolute atomic E-state index is 0.431. The molecule has 1 saturated carbocycles. The van der Waals surface area contributed by atoms with Crippen molar-refractivity contribution < 1.29 is 0 Å². The van der Waals surface area contributed by atoms with Gasteiger partial charge in [-0.25, -0.2) is 4.98 Å². The van der Waals surface area contributed by atoms with Gasteiger partial charge in [0.1, 0.15) is 5.82 Å². The predicted molar refractivity (Wildman–Crippen MR) is 150 cm³/mol. The Balaban J connectivity index is 1.23. The second kappa shape index (κ2) is 13.9. The average molecular weight is 498 g/mol. The van der Waals surface area contributed by atoms with Crippen molar-refractivity contribution in [1.82, 2.24) is 25.5 Å². The zero-order valence-corrected chi connectivity index (χ0v) is 22.6. The Labute approximate surface area is 219 Å². The Kier molecular flexibility index (Phi) is 10.1. The topological polar surface area (TPSA) is 68.4 Å². The number of hydrogen-bond donors (Lipinski definition) is 3. The highest BCUT2D eigenvalue weighted by Crippen LogP contribution is 2.31. The third-order valence-electron chi connectivity index (χ3n) is 9.26. The second-order valence-corrected chi connectivity index (χ2v) is 11.8. The van der Waals surface area contributed by atoms with Crippen LogP contribution in [0.4, 0.5) is 11.8 Å². The smallest absolute Gasteiger partial charge is 0.224 e. The molecule has 1 aromatic heterocycles. The number of aromatic nitrogens is 2. The highest BCUT2D eigenvalue weighted by molar-refractivity contribution is 5.43. The van der Waals surface area contributed by atoms with Crippen LogP contribution >= 0.6 is 0 Å². The van der Waals surface area contributed by atoms with Gasteiger partial charge in [-0.3, -0.25) is 4.90 Å². The summed E-state index contributed by atoms with van der Waals surface area (Å²) in [4.78, 5) is 15.1. The van der Waals surface area contributed by atoms with Gasteiger partial charge in [0.25, 0.3) is 0 Å². The van der Waals surface area contributed by atoms with E-state index in [1.165, 1.54) is 116 Å². The number of nitrogens with zero attached hydrogens (tertiary/aromatic N) is 4. The van der Waals surface area contributed by atoms with Crippen LogP contribution in [-0.4, -0.2) is 78.8 Å². The van der Waals surface area contributed by atoms with Crippen LogP contribution in [0.15, 0.2) is 12.3 Å². The Bertz CT molecular complexity index is 754.